The Balaban J connectivity index is 2.92. The molecule has 0 fully saturated rings. The predicted molar refractivity (Wildman–Crippen MR) is 56.2 cm³/mol. The first kappa shape index (κ1) is 9.75. The molecule has 1 atom stereocenters. The van der Waals surface area contributed by atoms with Gasteiger partial charge < -0.3 is 5.73 Å². The van der Waals surface area contributed by atoms with Gasteiger partial charge in [0, 0.05) is 10.5 Å². The summed E-state index contributed by atoms with van der Waals surface area (Å²) >= 11 is 3.55. The lowest BCUT2D eigenvalue weighted by molar-refractivity contribution is 0.735. The number of benzene rings is 1. The molecule has 0 aliphatic rings. The van der Waals surface area contributed by atoms with Gasteiger partial charge in [-0.3, -0.25) is 0 Å². The lowest BCUT2D eigenvalue weighted by Gasteiger charge is -2.08. The highest BCUT2D eigenvalue weighted by atomic mass is 79.9. The van der Waals surface area contributed by atoms with Gasteiger partial charge in [-0.15, -0.1) is 0 Å². The van der Waals surface area contributed by atoms with E-state index in [0.717, 1.165) is 6.42 Å². The Morgan fingerprint density at radius 2 is 2.17 bits per heavy atom. The fraction of sp³-hybridized carbons (Fsp3) is 0.400. The molecule has 2 N–H and O–H groups in total. The molecule has 1 aromatic rings. The summed E-state index contributed by atoms with van der Waals surface area (Å²) in [7, 11) is 0. The third-order valence-electron chi connectivity index (χ3n) is 1.81. The minimum absolute atomic E-state index is 0.225. The number of hydrogen-bond donors (Lipinski definition) is 1. The maximum atomic E-state index is 5.72. The van der Waals surface area contributed by atoms with E-state index in [1.54, 1.807) is 0 Å². The Kier molecular flexibility index (Phi) is 3.29. The van der Waals surface area contributed by atoms with E-state index >= 15 is 0 Å². The van der Waals surface area contributed by atoms with Crippen molar-refractivity contribution in [2.75, 3.05) is 0 Å². The number of rotatable bonds is 2. The number of aryl methyl sites for hydroxylation is 1. The minimum atomic E-state index is 0.225. The van der Waals surface area contributed by atoms with Crippen molar-refractivity contribution < 1.29 is 0 Å². The second-order valence-corrected chi connectivity index (χ2v) is 4.02. The summed E-state index contributed by atoms with van der Waals surface area (Å²) in [6, 6.07) is 6.50. The summed E-state index contributed by atoms with van der Waals surface area (Å²) in [6.07, 6.45) is 0.933. The van der Waals surface area contributed by atoms with Crippen LogP contribution >= 0.6 is 15.9 Å². The molecule has 0 amide bonds. The Hall–Kier alpha value is -0.340. The highest BCUT2D eigenvalue weighted by molar-refractivity contribution is 9.10. The first-order chi connectivity index (χ1) is 5.61. The van der Waals surface area contributed by atoms with Crippen LogP contribution in [-0.2, 0) is 6.42 Å². The van der Waals surface area contributed by atoms with E-state index in [-0.39, 0.29) is 6.04 Å². The van der Waals surface area contributed by atoms with Crippen LogP contribution < -0.4 is 5.73 Å². The van der Waals surface area contributed by atoms with Crippen molar-refractivity contribution in [3.8, 4) is 0 Å². The summed E-state index contributed by atoms with van der Waals surface area (Å²) in [5.41, 5.74) is 8.29. The smallest absolute Gasteiger partial charge is 0.0237 e. The van der Waals surface area contributed by atoms with Crippen molar-refractivity contribution in [3.05, 3.63) is 33.8 Å². The molecule has 0 aliphatic carbocycles. The third kappa shape index (κ3) is 2.32. The lowest BCUT2D eigenvalue weighted by Crippen LogP contribution is -2.18. The molecule has 1 nitrogen and oxygen atoms in total. The molecule has 0 bridgehead atoms. The van der Waals surface area contributed by atoms with Crippen molar-refractivity contribution in [1.82, 2.24) is 0 Å². The fourth-order valence-electron chi connectivity index (χ4n) is 1.21. The van der Waals surface area contributed by atoms with Crippen molar-refractivity contribution in [2.45, 2.75) is 26.3 Å². The van der Waals surface area contributed by atoms with Gasteiger partial charge in [0.2, 0.25) is 0 Å². The molecular weight excluding hydrogens is 214 g/mol. The van der Waals surface area contributed by atoms with Gasteiger partial charge in [0.1, 0.15) is 0 Å². The van der Waals surface area contributed by atoms with Gasteiger partial charge in [0.25, 0.3) is 0 Å². The van der Waals surface area contributed by atoms with Crippen LogP contribution in [0.5, 0.6) is 0 Å². The normalized spacial score (nSPS) is 13.0. The molecule has 0 spiro atoms. The summed E-state index contributed by atoms with van der Waals surface area (Å²) in [5, 5.41) is 0. The number of nitrogens with two attached hydrogens (primary N) is 1. The average Bonchev–Trinajstić information content (AvgIpc) is 1.98. The topological polar surface area (TPSA) is 26.0 Å². The van der Waals surface area contributed by atoms with Crippen molar-refractivity contribution in [1.29, 1.82) is 0 Å². The zero-order chi connectivity index (χ0) is 9.14. The maximum Gasteiger partial charge on any atom is 0.0237 e. The van der Waals surface area contributed by atoms with Crippen LogP contribution in [-0.4, -0.2) is 6.04 Å². The van der Waals surface area contributed by atoms with Crippen LogP contribution in [0.1, 0.15) is 18.1 Å². The Morgan fingerprint density at radius 1 is 1.50 bits per heavy atom. The highest BCUT2D eigenvalue weighted by Gasteiger charge is 2.03. The van der Waals surface area contributed by atoms with E-state index in [9.17, 15) is 0 Å². The molecule has 1 rings (SSSR count). The second kappa shape index (κ2) is 4.06. The first-order valence-electron chi connectivity index (χ1n) is 4.11. The van der Waals surface area contributed by atoms with E-state index in [1.165, 1.54) is 15.6 Å². The summed E-state index contributed by atoms with van der Waals surface area (Å²) < 4.78 is 1.20. The number of hydrogen-bond acceptors (Lipinski definition) is 1. The molecule has 0 saturated heterocycles. The van der Waals surface area contributed by atoms with Gasteiger partial charge in [0.05, 0.1) is 0 Å². The van der Waals surface area contributed by atoms with Gasteiger partial charge in [-0.2, -0.15) is 0 Å². The Bertz CT molecular complexity index is 269. The van der Waals surface area contributed by atoms with E-state index in [0.29, 0.717) is 0 Å². The van der Waals surface area contributed by atoms with Crippen molar-refractivity contribution >= 4 is 15.9 Å². The summed E-state index contributed by atoms with van der Waals surface area (Å²) in [4.78, 5) is 0. The highest BCUT2D eigenvalue weighted by Crippen LogP contribution is 2.21. The van der Waals surface area contributed by atoms with Crippen LogP contribution in [0.3, 0.4) is 0 Å². The summed E-state index contributed by atoms with van der Waals surface area (Å²) in [6.45, 7) is 4.11. The zero-order valence-electron chi connectivity index (χ0n) is 7.47. The molecule has 0 saturated carbocycles. The molecule has 2 heteroatoms. The van der Waals surface area contributed by atoms with E-state index in [1.807, 2.05) is 6.92 Å². The molecule has 12 heavy (non-hydrogen) atoms. The van der Waals surface area contributed by atoms with Crippen molar-refractivity contribution in [3.63, 3.8) is 0 Å². The quantitative estimate of drug-likeness (QED) is 0.827. The predicted octanol–water partition coefficient (Wildman–Crippen LogP) is 2.65. The monoisotopic (exact) mass is 227 g/mol. The zero-order valence-corrected chi connectivity index (χ0v) is 9.06. The Labute approximate surface area is 82.1 Å². The van der Waals surface area contributed by atoms with Crippen LogP contribution in [0.4, 0.5) is 0 Å². The maximum absolute atomic E-state index is 5.72. The molecule has 0 unspecified atom stereocenters. The molecule has 66 valence electrons. The fourth-order valence-corrected chi connectivity index (χ4v) is 1.64. The first-order valence-corrected chi connectivity index (χ1v) is 4.90. The van der Waals surface area contributed by atoms with Crippen LogP contribution in [0.15, 0.2) is 22.7 Å². The molecule has 0 aliphatic heterocycles. The average molecular weight is 228 g/mol. The number of halogens is 1. The largest absolute Gasteiger partial charge is 0.328 e. The summed E-state index contributed by atoms with van der Waals surface area (Å²) in [5.74, 6) is 0. The van der Waals surface area contributed by atoms with Crippen LogP contribution in [0.2, 0.25) is 0 Å². The molecule has 0 radical (unpaired) electrons. The minimum Gasteiger partial charge on any atom is -0.328 e. The molecule has 0 heterocycles. The molecule has 1 aromatic carbocycles. The molecular formula is C10H14BrN. The van der Waals surface area contributed by atoms with Gasteiger partial charge in [0.15, 0.2) is 0 Å². The van der Waals surface area contributed by atoms with E-state index in [2.05, 4.69) is 41.1 Å². The van der Waals surface area contributed by atoms with Crippen LogP contribution in [0, 0.1) is 6.92 Å². The molecule has 0 aromatic heterocycles. The van der Waals surface area contributed by atoms with Gasteiger partial charge >= 0.3 is 0 Å². The Morgan fingerprint density at radius 3 is 2.75 bits per heavy atom. The van der Waals surface area contributed by atoms with E-state index in [4.69, 9.17) is 5.73 Å². The van der Waals surface area contributed by atoms with E-state index < -0.39 is 0 Å². The SMILES string of the molecule is Cc1cccc(C[C@@H](C)N)c1Br. The standard InChI is InChI=1S/C10H14BrN/c1-7-4-3-5-9(10(7)11)6-8(2)12/h3-5,8H,6,12H2,1-2H3/t8-/m1/s1. The third-order valence-corrected chi connectivity index (χ3v) is 2.95. The van der Waals surface area contributed by atoms with Gasteiger partial charge in [-0.05, 0) is 31.4 Å². The lowest BCUT2D eigenvalue weighted by atomic mass is 10.1. The van der Waals surface area contributed by atoms with Crippen molar-refractivity contribution in [2.24, 2.45) is 5.73 Å². The van der Waals surface area contributed by atoms with Gasteiger partial charge in [-0.1, -0.05) is 34.1 Å². The van der Waals surface area contributed by atoms with Gasteiger partial charge in [-0.25, -0.2) is 0 Å². The second-order valence-electron chi connectivity index (χ2n) is 3.23. The van der Waals surface area contributed by atoms with Crippen LogP contribution in [0.25, 0.3) is 0 Å².